The molecule has 0 aliphatic carbocycles. The lowest BCUT2D eigenvalue weighted by molar-refractivity contribution is 0.867. The van der Waals surface area contributed by atoms with Crippen molar-refractivity contribution < 1.29 is 0 Å². The van der Waals surface area contributed by atoms with E-state index in [-0.39, 0.29) is 0 Å². The maximum absolute atomic E-state index is 5.86. The maximum Gasteiger partial charge on any atom is 0.0320 e. The van der Waals surface area contributed by atoms with E-state index in [1.54, 1.807) is 0 Å². The number of rotatable bonds is 2. The third-order valence-corrected chi connectivity index (χ3v) is 8.69. The zero-order valence-corrected chi connectivity index (χ0v) is 31.6. The Labute approximate surface area is 311 Å². The summed E-state index contributed by atoms with van der Waals surface area (Å²) in [6, 6.07) is 62.3. The molecule has 0 aliphatic rings. The predicted octanol–water partition coefficient (Wildman–Crippen LogP) is 13.9. The van der Waals surface area contributed by atoms with E-state index in [0.717, 1.165) is 11.4 Å². The third-order valence-electron chi connectivity index (χ3n) is 8.69. The number of nitrogens with two attached hydrogens (primary N) is 2. The van der Waals surface area contributed by atoms with Gasteiger partial charge < -0.3 is 11.5 Å². The second-order valence-corrected chi connectivity index (χ2v) is 13.6. The molecule has 0 radical (unpaired) electrons. The van der Waals surface area contributed by atoms with E-state index in [2.05, 4.69) is 151 Å². The normalized spacial score (nSPS) is 10.2. The van der Waals surface area contributed by atoms with Crippen molar-refractivity contribution in [3.05, 3.63) is 204 Å². The summed E-state index contributed by atoms with van der Waals surface area (Å²) in [5.41, 5.74) is 18.8. The number of benzene rings is 8. The minimum atomic E-state index is 0.659. The van der Waals surface area contributed by atoms with Gasteiger partial charge in [0.05, 0.1) is 0 Å². The van der Waals surface area contributed by atoms with Crippen LogP contribution in [-0.2, 0) is 0 Å². The molecule has 0 saturated heterocycles. The Balaban J connectivity index is 0.000000159. The summed E-state index contributed by atoms with van der Waals surface area (Å²) in [5.74, 6) is 1.32. The first-order chi connectivity index (χ1) is 25.1. The molecule has 0 bridgehead atoms. The summed E-state index contributed by atoms with van der Waals surface area (Å²) in [6.45, 7) is 13.0. The van der Waals surface area contributed by atoms with Crippen LogP contribution in [0.15, 0.2) is 182 Å². The molecule has 4 N–H and O–H groups in total. The molecule has 0 atom stereocenters. The van der Waals surface area contributed by atoms with E-state index in [4.69, 9.17) is 11.5 Å². The Hall–Kier alpha value is -5.86. The highest BCUT2D eigenvalue weighted by Gasteiger charge is 2.05. The van der Waals surface area contributed by atoms with E-state index >= 15 is 0 Å². The average molecular weight is 683 g/mol. The van der Waals surface area contributed by atoms with Crippen LogP contribution >= 0.6 is 0 Å². The number of anilines is 2. The van der Waals surface area contributed by atoms with Gasteiger partial charge in [-0.15, -0.1) is 0 Å². The second-order valence-electron chi connectivity index (χ2n) is 13.6. The lowest BCUT2D eigenvalue weighted by Crippen LogP contribution is -1.87. The van der Waals surface area contributed by atoms with E-state index in [0.29, 0.717) is 11.8 Å². The molecule has 0 heterocycles. The van der Waals surface area contributed by atoms with Crippen LogP contribution < -0.4 is 11.5 Å². The Kier molecular flexibility index (Phi) is 15.1. The quantitative estimate of drug-likeness (QED) is 0.141. The summed E-state index contributed by atoms with van der Waals surface area (Å²) < 4.78 is 0. The van der Waals surface area contributed by atoms with Crippen molar-refractivity contribution in [1.82, 2.24) is 0 Å². The van der Waals surface area contributed by atoms with Gasteiger partial charge in [-0.2, -0.15) is 0 Å². The fourth-order valence-corrected chi connectivity index (χ4v) is 5.67. The third kappa shape index (κ3) is 12.2. The molecule has 0 fully saturated rings. The van der Waals surface area contributed by atoms with E-state index in [9.17, 15) is 0 Å². The molecule has 0 aliphatic heterocycles. The first-order valence-electron chi connectivity index (χ1n) is 18.2. The highest BCUT2D eigenvalue weighted by molar-refractivity contribution is 6.17. The number of fused-ring (bicyclic) bond motifs is 5. The molecule has 8 aromatic rings. The van der Waals surface area contributed by atoms with Gasteiger partial charge in [0.15, 0.2) is 0 Å². The van der Waals surface area contributed by atoms with Crippen molar-refractivity contribution in [2.75, 3.05) is 11.5 Å². The molecule has 264 valence electrons. The molecule has 0 spiro atoms. The van der Waals surface area contributed by atoms with Crippen LogP contribution in [0.4, 0.5) is 11.4 Å². The first kappa shape index (κ1) is 38.9. The molecule has 0 amide bonds. The lowest BCUT2D eigenvalue weighted by Gasteiger charge is -2.08. The molecule has 0 unspecified atom stereocenters. The molecule has 8 rings (SSSR count). The minimum absolute atomic E-state index is 0.659. The van der Waals surface area contributed by atoms with Crippen molar-refractivity contribution >= 4 is 43.7 Å². The van der Waals surface area contributed by atoms with Crippen LogP contribution in [0.2, 0.25) is 0 Å². The van der Waals surface area contributed by atoms with E-state index in [1.807, 2.05) is 72.8 Å². The van der Waals surface area contributed by atoms with Crippen LogP contribution in [0.1, 0.15) is 61.8 Å². The van der Waals surface area contributed by atoms with Crippen LogP contribution in [0, 0.1) is 13.8 Å². The van der Waals surface area contributed by atoms with Crippen LogP contribution in [-0.4, -0.2) is 0 Å². The topological polar surface area (TPSA) is 52.0 Å². The van der Waals surface area contributed by atoms with Crippen molar-refractivity contribution in [3.8, 4) is 0 Å². The molecule has 8 aromatic carbocycles. The highest BCUT2D eigenvalue weighted by Crippen LogP contribution is 2.32. The number of hydrogen-bond acceptors (Lipinski definition) is 2. The van der Waals surface area contributed by atoms with E-state index in [1.165, 1.54) is 54.6 Å². The second kappa shape index (κ2) is 20.1. The van der Waals surface area contributed by atoms with Crippen LogP contribution in [0.5, 0.6) is 0 Å². The Morgan fingerprint density at radius 3 is 0.865 bits per heavy atom. The summed E-state index contributed by atoms with van der Waals surface area (Å²) >= 11 is 0. The van der Waals surface area contributed by atoms with Gasteiger partial charge in [0.2, 0.25) is 0 Å². The highest BCUT2D eigenvalue weighted by atomic mass is 14.5. The molecule has 0 saturated carbocycles. The monoisotopic (exact) mass is 682 g/mol. The molecule has 2 heteroatoms. The standard InChI is InChI=1S/C18H14N2.2C9H12.2C7H8/c19-13-3-7-15-11(9-13)1-5-17-16-8-4-14(20)10-12(16)2-6-18(15)17;2*1-8(2)9-6-4-3-5-7-9;2*1-7-5-3-2-4-6-7/h1-10H,19-20H2;2*3-8H,1-2H3;2*2-6H,1H3. The predicted molar refractivity (Wildman–Crippen MR) is 231 cm³/mol. The number of nitrogen functional groups attached to an aromatic ring is 2. The SMILES string of the molecule is CC(C)c1ccccc1.CC(C)c1ccccc1.Cc1ccccc1.Cc1ccccc1.Nc1ccc2c(ccc3c4ccc(N)cc4ccc23)c1. The van der Waals surface area contributed by atoms with Gasteiger partial charge in [0.25, 0.3) is 0 Å². The summed E-state index contributed by atoms with van der Waals surface area (Å²) in [6.07, 6.45) is 0. The zero-order chi connectivity index (χ0) is 37.3. The first-order valence-corrected chi connectivity index (χ1v) is 18.2. The Bertz CT molecular complexity index is 2050. The van der Waals surface area contributed by atoms with Crippen LogP contribution in [0.3, 0.4) is 0 Å². The van der Waals surface area contributed by atoms with Gasteiger partial charge in [0.1, 0.15) is 0 Å². The molecule has 0 aromatic heterocycles. The largest absolute Gasteiger partial charge is 0.399 e. The molecule has 52 heavy (non-hydrogen) atoms. The number of hydrogen-bond donors (Lipinski definition) is 2. The van der Waals surface area contributed by atoms with Gasteiger partial charge in [-0.1, -0.05) is 197 Å². The molecule has 2 nitrogen and oxygen atoms in total. The van der Waals surface area contributed by atoms with Crippen molar-refractivity contribution in [3.63, 3.8) is 0 Å². The van der Waals surface area contributed by atoms with Gasteiger partial charge in [-0.05, 0) is 93.4 Å². The molecular formula is C50H54N2. The maximum atomic E-state index is 5.86. The Morgan fingerprint density at radius 1 is 0.327 bits per heavy atom. The van der Waals surface area contributed by atoms with Gasteiger partial charge in [0, 0.05) is 11.4 Å². The van der Waals surface area contributed by atoms with Gasteiger partial charge in [-0.3, -0.25) is 0 Å². The molecular weight excluding hydrogens is 629 g/mol. The van der Waals surface area contributed by atoms with Crippen molar-refractivity contribution in [2.45, 2.75) is 53.4 Å². The lowest BCUT2D eigenvalue weighted by atomic mass is 9.97. The van der Waals surface area contributed by atoms with Crippen molar-refractivity contribution in [1.29, 1.82) is 0 Å². The van der Waals surface area contributed by atoms with Crippen molar-refractivity contribution in [2.24, 2.45) is 0 Å². The fraction of sp³-hybridized carbons (Fsp3) is 0.160. The summed E-state index contributed by atoms with van der Waals surface area (Å²) in [7, 11) is 0. The number of aryl methyl sites for hydroxylation is 2. The van der Waals surface area contributed by atoms with Gasteiger partial charge in [-0.25, -0.2) is 0 Å². The zero-order valence-electron chi connectivity index (χ0n) is 31.6. The smallest absolute Gasteiger partial charge is 0.0320 e. The van der Waals surface area contributed by atoms with E-state index < -0.39 is 0 Å². The Morgan fingerprint density at radius 2 is 0.615 bits per heavy atom. The minimum Gasteiger partial charge on any atom is -0.399 e. The van der Waals surface area contributed by atoms with Gasteiger partial charge >= 0.3 is 0 Å². The fourth-order valence-electron chi connectivity index (χ4n) is 5.67. The average Bonchev–Trinajstić information content (AvgIpc) is 3.16. The van der Waals surface area contributed by atoms with Crippen LogP contribution in [0.25, 0.3) is 32.3 Å². The summed E-state index contributed by atoms with van der Waals surface area (Å²) in [5, 5.41) is 7.31. The summed E-state index contributed by atoms with van der Waals surface area (Å²) in [4.78, 5) is 0.